The predicted octanol–water partition coefficient (Wildman–Crippen LogP) is 8.20. The summed E-state index contributed by atoms with van der Waals surface area (Å²) < 4.78 is 7.72. The summed E-state index contributed by atoms with van der Waals surface area (Å²) in [7, 11) is 1.69. The first kappa shape index (κ1) is 19.7. The van der Waals surface area contributed by atoms with Crippen molar-refractivity contribution in [2.75, 3.05) is 7.11 Å². The van der Waals surface area contributed by atoms with E-state index in [9.17, 15) is 0 Å². The van der Waals surface area contributed by atoms with E-state index in [4.69, 9.17) is 16.3 Å². The Labute approximate surface area is 191 Å². The molecule has 3 aromatic carbocycles. The van der Waals surface area contributed by atoms with Crippen molar-refractivity contribution >= 4 is 22.9 Å². The van der Waals surface area contributed by atoms with E-state index in [1.54, 1.807) is 18.4 Å². The molecule has 0 radical (unpaired) electrons. The highest BCUT2D eigenvalue weighted by Gasteiger charge is 2.21. The molecule has 0 aliphatic rings. The van der Waals surface area contributed by atoms with Crippen molar-refractivity contribution in [1.29, 1.82) is 0 Å². The van der Waals surface area contributed by atoms with Crippen LogP contribution in [0.3, 0.4) is 0 Å². The van der Waals surface area contributed by atoms with Crippen molar-refractivity contribution in [2.24, 2.45) is 0 Å². The van der Waals surface area contributed by atoms with E-state index in [1.165, 1.54) is 16.0 Å². The van der Waals surface area contributed by atoms with Crippen LogP contribution in [0.1, 0.15) is 0 Å². The van der Waals surface area contributed by atoms with Crippen molar-refractivity contribution in [3.63, 3.8) is 0 Å². The zero-order chi connectivity index (χ0) is 21.2. The summed E-state index contributed by atoms with van der Waals surface area (Å²) in [6, 6.07) is 33.3. The Hall–Kier alpha value is -3.27. The van der Waals surface area contributed by atoms with Gasteiger partial charge in [0.15, 0.2) is 0 Å². The van der Waals surface area contributed by atoms with Crippen molar-refractivity contribution in [3.05, 3.63) is 107 Å². The fraction of sp³-hybridized carbons (Fsp3) is 0.0370. The molecule has 0 bridgehead atoms. The molecule has 0 atom stereocenters. The van der Waals surface area contributed by atoms with E-state index in [0.29, 0.717) is 0 Å². The molecule has 0 spiro atoms. The zero-order valence-electron chi connectivity index (χ0n) is 17.0. The van der Waals surface area contributed by atoms with E-state index < -0.39 is 0 Å². The average Bonchev–Trinajstić information content (AvgIpc) is 3.48. The molecule has 152 valence electrons. The molecule has 5 rings (SSSR count). The third kappa shape index (κ3) is 3.78. The van der Waals surface area contributed by atoms with Crippen molar-refractivity contribution in [3.8, 4) is 44.4 Å². The van der Waals surface area contributed by atoms with Gasteiger partial charge < -0.3 is 9.30 Å². The summed E-state index contributed by atoms with van der Waals surface area (Å²) in [6.45, 7) is 0. The smallest absolute Gasteiger partial charge is 0.119 e. The van der Waals surface area contributed by atoms with E-state index in [0.717, 1.165) is 33.4 Å². The van der Waals surface area contributed by atoms with E-state index in [-0.39, 0.29) is 0 Å². The highest BCUT2D eigenvalue weighted by Crippen LogP contribution is 2.42. The molecular formula is C27H20ClNOS. The highest BCUT2D eigenvalue weighted by atomic mass is 35.5. The molecule has 0 aliphatic carbocycles. The monoisotopic (exact) mass is 441 g/mol. The van der Waals surface area contributed by atoms with Gasteiger partial charge in [-0.3, -0.25) is 0 Å². The minimum atomic E-state index is 0.730. The second-order valence-corrected chi connectivity index (χ2v) is 8.56. The molecule has 0 amide bonds. The van der Waals surface area contributed by atoms with E-state index in [1.807, 2.05) is 24.3 Å². The Morgan fingerprint density at radius 2 is 1.52 bits per heavy atom. The van der Waals surface area contributed by atoms with Crippen molar-refractivity contribution < 1.29 is 4.74 Å². The van der Waals surface area contributed by atoms with Gasteiger partial charge in [0.05, 0.1) is 18.5 Å². The molecule has 0 unspecified atom stereocenters. The van der Waals surface area contributed by atoms with E-state index in [2.05, 4.69) is 82.7 Å². The van der Waals surface area contributed by atoms with Crippen LogP contribution < -0.4 is 4.74 Å². The molecule has 2 heterocycles. The standard InChI is InChI=1S/C27H20ClNOS/c1-30-23-15-13-22(14-16-23)29-25(19-9-11-21(28)12-10-19)18-24(26-8-5-17-31-26)27(29)20-6-3-2-4-7-20/h2-18H,1H3. The van der Waals surface area contributed by atoms with Crippen LogP contribution >= 0.6 is 22.9 Å². The SMILES string of the molecule is COc1ccc(-n2c(-c3ccc(Cl)cc3)cc(-c3cccs3)c2-c2ccccc2)cc1. The zero-order valence-corrected chi connectivity index (χ0v) is 18.5. The second-order valence-electron chi connectivity index (χ2n) is 7.18. The fourth-order valence-corrected chi connectivity index (χ4v) is 4.71. The lowest BCUT2D eigenvalue weighted by atomic mass is 10.1. The molecule has 0 saturated heterocycles. The Balaban J connectivity index is 1.84. The summed E-state index contributed by atoms with van der Waals surface area (Å²) in [5.41, 5.74) is 6.85. The number of rotatable bonds is 5. The largest absolute Gasteiger partial charge is 0.497 e. The van der Waals surface area contributed by atoms with Crippen LogP contribution in [-0.2, 0) is 0 Å². The first-order valence-corrected chi connectivity index (χ1v) is 11.3. The van der Waals surface area contributed by atoms with Gasteiger partial charge in [0.2, 0.25) is 0 Å². The first-order chi connectivity index (χ1) is 15.2. The average molecular weight is 442 g/mol. The quantitative estimate of drug-likeness (QED) is 0.268. The van der Waals surface area contributed by atoms with Gasteiger partial charge in [0, 0.05) is 21.2 Å². The van der Waals surface area contributed by atoms with Crippen LogP contribution in [-0.4, -0.2) is 11.7 Å². The molecular weight excluding hydrogens is 422 g/mol. The topological polar surface area (TPSA) is 14.2 Å². The number of halogens is 1. The van der Waals surface area contributed by atoms with Crippen LogP contribution in [0.15, 0.2) is 102 Å². The molecule has 2 aromatic heterocycles. The van der Waals surface area contributed by atoms with Crippen molar-refractivity contribution in [1.82, 2.24) is 4.57 Å². The number of benzene rings is 3. The van der Waals surface area contributed by atoms with E-state index >= 15 is 0 Å². The fourth-order valence-electron chi connectivity index (χ4n) is 3.84. The van der Waals surface area contributed by atoms with Crippen molar-refractivity contribution in [2.45, 2.75) is 0 Å². The normalized spacial score (nSPS) is 10.9. The van der Waals surface area contributed by atoms with Gasteiger partial charge >= 0.3 is 0 Å². The third-order valence-electron chi connectivity index (χ3n) is 5.31. The number of ether oxygens (including phenoxy) is 1. The number of aromatic nitrogens is 1. The summed E-state index contributed by atoms with van der Waals surface area (Å²) in [6.07, 6.45) is 0. The van der Waals surface area contributed by atoms with Gasteiger partial charge in [-0.1, -0.05) is 60.1 Å². The number of methoxy groups -OCH3 is 1. The van der Waals surface area contributed by atoms with Gasteiger partial charge in [-0.25, -0.2) is 0 Å². The van der Waals surface area contributed by atoms with Gasteiger partial charge in [-0.2, -0.15) is 0 Å². The van der Waals surface area contributed by atoms with Crippen LogP contribution in [0, 0.1) is 0 Å². The van der Waals surface area contributed by atoms with Crippen LogP contribution in [0.5, 0.6) is 5.75 Å². The maximum Gasteiger partial charge on any atom is 0.119 e. The lowest BCUT2D eigenvalue weighted by Gasteiger charge is -2.16. The molecule has 0 N–H and O–H groups in total. The lowest BCUT2D eigenvalue weighted by molar-refractivity contribution is 0.415. The molecule has 0 saturated carbocycles. The summed E-state index contributed by atoms with van der Waals surface area (Å²) in [5, 5.41) is 2.85. The molecule has 0 aliphatic heterocycles. The Morgan fingerprint density at radius 1 is 0.774 bits per heavy atom. The molecule has 2 nitrogen and oxygen atoms in total. The maximum absolute atomic E-state index is 6.18. The third-order valence-corrected chi connectivity index (χ3v) is 6.46. The molecule has 31 heavy (non-hydrogen) atoms. The second kappa shape index (κ2) is 8.46. The minimum Gasteiger partial charge on any atom is -0.497 e. The maximum atomic E-state index is 6.18. The van der Waals surface area contributed by atoms with Gasteiger partial charge in [0.25, 0.3) is 0 Å². The predicted molar refractivity (Wildman–Crippen MR) is 132 cm³/mol. The summed E-state index contributed by atoms with van der Waals surface area (Å²) in [4.78, 5) is 1.24. The summed E-state index contributed by atoms with van der Waals surface area (Å²) >= 11 is 7.94. The Kier molecular flexibility index (Phi) is 5.37. The molecule has 4 heteroatoms. The van der Waals surface area contributed by atoms with Gasteiger partial charge in [-0.15, -0.1) is 11.3 Å². The number of hydrogen-bond acceptors (Lipinski definition) is 2. The van der Waals surface area contributed by atoms with Gasteiger partial charge in [0.1, 0.15) is 5.75 Å². The van der Waals surface area contributed by atoms with Crippen LogP contribution in [0.4, 0.5) is 0 Å². The Morgan fingerprint density at radius 3 is 2.16 bits per heavy atom. The number of nitrogens with zero attached hydrogens (tertiary/aromatic N) is 1. The van der Waals surface area contributed by atoms with Gasteiger partial charge in [-0.05, 0) is 65.0 Å². The number of thiophene rings is 1. The van der Waals surface area contributed by atoms with Crippen LogP contribution in [0.2, 0.25) is 5.02 Å². The lowest BCUT2D eigenvalue weighted by Crippen LogP contribution is -2.00. The highest BCUT2D eigenvalue weighted by molar-refractivity contribution is 7.13. The minimum absolute atomic E-state index is 0.730. The Bertz CT molecular complexity index is 1290. The molecule has 5 aromatic rings. The first-order valence-electron chi connectivity index (χ1n) is 10.00. The number of hydrogen-bond donors (Lipinski definition) is 0. The van der Waals surface area contributed by atoms with Crippen LogP contribution in [0.25, 0.3) is 38.6 Å². The summed E-state index contributed by atoms with van der Waals surface area (Å²) in [5.74, 6) is 0.837. The molecule has 0 fully saturated rings.